The summed E-state index contributed by atoms with van der Waals surface area (Å²) >= 11 is 0. The number of anilines is 1. The van der Waals surface area contributed by atoms with Crippen LogP contribution in [0.5, 0.6) is 0 Å². The Labute approximate surface area is 164 Å². The maximum atomic E-state index is 12.3. The van der Waals surface area contributed by atoms with Gasteiger partial charge in [0.1, 0.15) is 18.3 Å². The molecule has 156 valence electrons. The highest BCUT2D eigenvalue weighted by Crippen LogP contribution is 2.28. The van der Waals surface area contributed by atoms with Gasteiger partial charge in [-0.1, -0.05) is 0 Å². The van der Waals surface area contributed by atoms with Crippen molar-refractivity contribution in [2.24, 2.45) is 0 Å². The van der Waals surface area contributed by atoms with Crippen molar-refractivity contribution in [1.82, 2.24) is 19.5 Å². The molecular formula is C18H23N5O6. The summed E-state index contributed by atoms with van der Waals surface area (Å²) in [5, 5.41) is 39.1. The maximum absolute atomic E-state index is 12.3. The van der Waals surface area contributed by atoms with Gasteiger partial charge < -0.3 is 29.9 Å². The van der Waals surface area contributed by atoms with Gasteiger partial charge in [0, 0.05) is 19.8 Å². The van der Waals surface area contributed by atoms with Crippen molar-refractivity contribution in [3.05, 3.63) is 38.5 Å². The largest absolute Gasteiger partial charge is 0.394 e. The van der Waals surface area contributed by atoms with Gasteiger partial charge in [-0.3, -0.25) is 9.78 Å². The molecule has 2 aliphatic rings. The molecule has 0 radical (unpaired) electrons. The second-order valence-corrected chi connectivity index (χ2v) is 7.10. The highest BCUT2D eigenvalue weighted by molar-refractivity contribution is 5.84. The molecule has 0 fully saturated rings. The van der Waals surface area contributed by atoms with Crippen molar-refractivity contribution in [3.63, 3.8) is 0 Å². The third-order valence-corrected chi connectivity index (χ3v) is 4.75. The molecule has 0 unspecified atom stereocenters. The standard InChI is InChI=1S/C18H23N5O6/c1-8-4-9-11(5-10(8)22(2)3)23(6-12(25)15(27)13(26)7-24)16-14(19-9)17(28)21-18(29)20-16/h4-5,12-13,15,24-27H,6-7H2,1-3H3,(H,21,28,29)/t12-,13+,15-/m0/s1. The Hall–Kier alpha value is -2.86. The van der Waals surface area contributed by atoms with Crippen LogP contribution in [-0.4, -0.2) is 79.0 Å². The number of nitrogens with zero attached hydrogens (tertiary/aromatic N) is 4. The summed E-state index contributed by atoms with van der Waals surface area (Å²) in [4.78, 5) is 36.1. The average molecular weight is 405 g/mol. The predicted molar refractivity (Wildman–Crippen MR) is 105 cm³/mol. The topological polar surface area (TPSA) is 165 Å². The van der Waals surface area contributed by atoms with Crippen LogP contribution in [0.25, 0.3) is 22.6 Å². The molecule has 0 spiro atoms. The number of hydrogen-bond donors (Lipinski definition) is 5. The number of aromatic nitrogens is 4. The normalized spacial score (nSPS) is 14.9. The van der Waals surface area contributed by atoms with Gasteiger partial charge in [-0.25, -0.2) is 9.78 Å². The summed E-state index contributed by atoms with van der Waals surface area (Å²) < 4.78 is 1.40. The van der Waals surface area contributed by atoms with Gasteiger partial charge in [-0.05, 0) is 24.6 Å². The van der Waals surface area contributed by atoms with E-state index in [1.165, 1.54) is 4.57 Å². The van der Waals surface area contributed by atoms with Crippen LogP contribution in [0.3, 0.4) is 0 Å². The predicted octanol–water partition coefficient (Wildman–Crippen LogP) is -1.97. The fourth-order valence-corrected chi connectivity index (χ4v) is 3.26. The molecule has 3 atom stereocenters. The monoisotopic (exact) mass is 405 g/mol. The van der Waals surface area contributed by atoms with E-state index in [4.69, 9.17) is 5.11 Å². The number of aryl methyl sites for hydroxylation is 1. The molecule has 0 saturated heterocycles. The van der Waals surface area contributed by atoms with Gasteiger partial charge in [0.2, 0.25) is 0 Å². The van der Waals surface area contributed by atoms with E-state index in [9.17, 15) is 24.9 Å². The fourth-order valence-electron chi connectivity index (χ4n) is 3.26. The van der Waals surface area contributed by atoms with Gasteiger partial charge in [0.15, 0.2) is 11.5 Å². The second-order valence-electron chi connectivity index (χ2n) is 7.10. The van der Waals surface area contributed by atoms with Crippen molar-refractivity contribution in [1.29, 1.82) is 0 Å². The lowest BCUT2D eigenvalue weighted by atomic mass is 10.1. The van der Waals surface area contributed by atoms with E-state index in [1.54, 1.807) is 12.1 Å². The van der Waals surface area contributed by atoms with Crippen molar-refractivity contribution in [3.8, 4) is 11.5 Å². The number of benzene rings is 1. The molecule has 0 bridgehead atoms. The van der Waals surface area contributed by atoms with Crippen LogP contribution in [0.1, 0.15) is 5.56 Å². The summed E-state index contributed by atoms with van der Waals surface area (Å²) in [7, 11) is 3.70. The fraction of sp³-hybridized carbons (Fsp3) is 0.444. The Bertz CT molecular complexity index is 1120. The Kier molecular flexibility index (Phi) is 5.66. The van der Waals surface area contributed by atoms with Gasteiger partial charge in [-0.2, -0.15) is 4.98 Å². The summed E-state index contributed by atoms with van der Waals surface area (Å²) in [5.74, 6) is -0.0652. The molecule has 5 N–H and O–H groups in total. The summed E-state index contributed by atoms with van der Waals surface area (Å²) in [6.07, 6.45) is -4.73. The molecule has 0 aliphatic carbocycles. The maximum Gasteiger partial charge on any atom is 0.349 e. The SMILES string of the molecule is Cc1cc2nc3c(=O)[nH]c(=O)nc-3n(C[C@H](O)[C@H](O)[C@H](O)CO)c2cc1N(C)C. The molecule has 3 rings (SSSR count). The van der Waals surface area contributed by atoms with E-state index in [0.717, 1.165) is 11.3 Å². The molecule has 1 aromatic rings. The number of H-pyrrole nitrogens is 1. The lowest BCUT2D eigenvalue weighted by molar-refractivity contribution is -0.0802. The molecule has 0 amide bonds. The number of aliphatic hydroxyl groups excluding tert-OH is 4. The Morgan fingerprint density at radius 2 is 1.83 bits per heavy atom. The highest BCUT2D eigenvalue weighted by Gasteiger charge is 2.27. The van der Waals surface area contributed by atoms with E-state index >= 15 is 0 Å². The highest BCUT2D eigenvalue weighted by atomic mass is 16.4. The number of rotatable bonds is 6. The van der Waals surface area contributed by atoms with Gasteiger partial charge >= 0.3 is 5.69 Å². The van der Waals surface area contributed by atoms with Crippen LogP contribution in [-0.2, 0) is 6.54 Å². The minimum atomic E-state index is -1.65. The molecule has 2 aliphatic heterocycles. The first-order chi connectivity index (χ1) is 13.6. The third kappa shape index (κ3) is 3.85. The van der Waals surface area contributed by atoms with Crippen molar-refractivity contribution < 1.29 is 20.4 Å². The molecule has 0 saturated carbocycles. The van der Waals surface area contributed by atoms with E-state index < -0.39 is 36.2 Å². The van der Waals surface area contributed by atoms with Crippen LogP contribution in [0.15, 0.2) is 21.7 Å². The van der Waals surface area contributed by atoms with E-state index in [1.807, 2.05) is 25.9 Å². The minimum Gasteiger partial charge on any atom is -0.394 e. The van der Waals surface area contributed by atoms with Crippen LogP contribution < -0.4 is 16.1 Å². The first kappa shape index (κ1) is 20.9. The van der Waals surface area contributed by atoms with Crippen LogP contribution >= 0.6 is 0 Å². The molecular weight excluding hydrogens is 382 g/mol. The molecule has 1 aromatic carbocycles. The number of fused-ring (bicyclic) bond motifs is 2. The quantitative estimate of drug-likeness (QED) is 0.293. The third-order valence-electron chi connectivity index (χ3n) is 4.75. The van der Waals surface area contributed by atoms with E-state index in [0.29, 0.717) is 11.0 Å². The molecule has 11 nitrogen and oxygen atoms in total. The van der Waals surface area contributed by atoms with E-state index in [2.05, 4.69) is 15.0 Å². The average Bonchev–Trinajstić information content (AvgIpc) is 2.66. The Morgan fingerprint density at radius 1 is 1.14 bits per heavy atom. The van der Waals surface area contributed by atoms with Gasteiger partial charge in [0.25, 0.3) is 5.56 Å². The zero-order valence-corrected chi connectivity index (χ0v) is 16.2. The molecule has 11 heteroatoms. The first-order valence-corrected chi connectivity index (χ1v) is 8.91. The van der Waals surface area contributed by atoms with Gasteiger partial charge in [0.05, 0.1) is 24.2 Å². The van der Waals surface area contributed by atoms with Crippen LogP contribution in [0.4, 0.5) is 5.69 Å². The Morgan fingerprint density at radius 3 is 2.45 bits per heavy atom. The van der Waals surface area contributed by atoms with Crippen molar-refractivity contribution in [2.45, 2.75) is 31.8 Å². The first-order valence-electron chi connectivity index (χ1n) is 8.91. The minimum absolute atomic E-state index is 0.0652. The lowest BCUT2D eigenvalue weighted by Crippen LogP contribution is -2.42. The second kappa shape index (κ2) is 7.87. The Balaban J connectivity index is 2.31. The summed E-state index contributed by atoms with van der Waals surface area (Å²) in [6, 6.07) is 3.53. The molecule has 0 aromatic heterocycles. The van der Waals surface area contributed by atoms with Crippen LogP contribution in [0, 0.1) is 6.92 Å². The van der Waals surface area contributed by atoms with Gasteiger partial charge in [-0.15, -0.1) is 0 Å². The zero-order chi connectivity index (χ0) is 21.5. The zero-order valence-electron chi connectivity index (χ0n) is 16.2. The summed E-state index contributed by atoms with van der Waals surface area (Å²) in [6.45, 7) is 0.831. The van der Waals surface area contributed by atoms with Crippen molar-refractivity contribution >= 4 is 16.7 Å². The molecule has 29 heavy (non-hydrogen) atoms. The number of nitrogens with one attached hydrogen (secondary N) is 1. The number of hydrogen-bond acceptors (Lipinski definition) is 9. The van der Waals surface area contributed by atoms with E-state index in [-0.39, 0.29) is 18.1 Å². The number of aliphatic hydroxyl groups is 4. The number of aromatic amines is 1. The smallest absolute Gasteiger partial charge is 0.349 e. The van der Waals surface area contributed by atoms with Crippen LogP contribution in [0.2, 0.25) is 0 Å². The van der Waals surface area contributed by atoms with Crippen molar-refractivity contribution in [2.75, 3.05) is 25.6 Å². The lowest BCUT2D eigenvalue weighted by Gasteiger charge is -2.25. The summed E-state index contributed by atoms with van der Waals surface area (Å²) in [5.41, 5.74) is 0.925. The molecule has 2 heterocycles.